The van der Waals surface area contributed by atoms with Crippen molar-refractivity contribution in [1.82, 2.24) is 10.3 Å². The van der Waals surface area contributed by atoms with Crippen LogP contribution in [0.2, 0.25) is 0 Å². The summed E-state index contributed by atoms with van der Waals surface area (Å²) in [5.41, 5.74) is 3.29. The van der Waals surface area contributed by atoms with Crippen molar-refractivity contribution in [3.63, 3.8) is 0 Å². The Labute approximate surface area is 107 Å². The van der Waals surface area contributed by atoms with Gasteiger partial charge in [-0.3, -0.25) is 4.79 Å². The molecular formula is C13H20N2O3. The predicted molar refractivity (Wildman–Crippen MR) is 68.6 cm³/mol. The number of aromatic amines is 1. The zero-order valence-corrected chi connectivity index (χ0v) is 11.3. The van der Waals surface area contributed by atoms with Crippen molar-refractivity contribution in [2.45, 2.75) is 33.6 Å². The van der Waals surface area contributed by atoms with Gasteiger partial charge in [-0.2, -0.15) is 0 Å². The highest BCUT2D eigenvalue weighted by molar-refractivity contribution is 5.90. The van der Waals surface area contributed by atoms with Gasteiger partial charge in [0.15, 0.2) is 0 Å². The van der Waals surface area contributed by atoms with Gasteiger partial charge in [-0.15, -0.1) is 0 Å². The molecule has 0 aliphatic carbocycles. The maximum absolute atomic E-state index is 11.7. The molecule has 0 aliphatic rings. The Morgan fingerprint density at radius 3 is 2.56 bits per heavy atom. The second kappa shape index (κ2) is 6.23. The van der Waals surface area contributed by atoms with Gasteiger partial charge in [0.2, 0.25) is 5.91 Å². The lowest BCUT2D eigenvalue weighted by molar-refractivity contribution is -0.120. The van der Waals surface area contributed by atoms with E-state index in [1.54, 1.807) is 14.0 Å². The lowest BCUT2D eigenvalue weighted by Crippen LogP contribution is -2.18. The summed E-state index contributed by atoms with van der Waals surface area (Å²) in [4.78, 5) is 26.0. The SMILES string of the molecule is CCOC(=O)c1[nH]c(C)c(CCC(=O)NC)c1C. The molecule has 5 nitrogen and oxygen atoms in total. The van der Waals surface area contributed by atoms with Gasteiger partial charge in [-0.25, -0.2) is 4.79 Å². The molecule has 5 heteroatoms. The number of aryl methyl sites for hydroxylation is 1. The van der Waals surface area contributed by atoms with Crippen molar-refractivity contribution < 1.29 is 14.3 Å². The molecule has 0 bridgehead atoms. The predicted octanol–water partition coefficient (Wildman–Crippen LogP) is 1.49. The Bertz CT molecular complexity index is 449. The molecule has 100 valence electrons. The molecule has 0 saturated carbocycles. The standard InChI is InChI=1S/C13H20N2O3/c1-5-18-13(17)12-8(2)10(9(3)15-12)6-7-11(16)14-4/h15H,5-7H2,1-4H3,(H,14,16). The van der Waals surface area contributed by atoms with E-state index in [4.69, 9.17) is 4.74 Å². The molecule has 1 aromatic rings. The van der Waals surface area contributed by atoms with E-state index in [1.165, 1.54) is 0 Å². The fourth-order valence-electron chi connectivity index (χ4n) is 1.93. The summed E-state index contributed by atoms with van der Waals surface area (Å²) in [6, 6.07) is 0. The maximum Gasteiger partial charge on any atom is 0.355 e. The summed E-state index contributed by atoms with van der Waals surface area (Å²) in [5, 5.41) is 2.58. The van der Waals surface area contributed by atoms with Crippen LogP contribution in [0.4, 0.5) is 0 Å². The van der Waals surface area contributed by atoms with Crippen molar-refractivity contribution in [3.8, 4) is 0 Å². The number of hydrogen-bond donors (Lipinski definition) is 2. The van der Waals surface area contributed by atoms with Crippen LogP contribution in [0.1, 0.15) is 40.7 Å². The Kier molecular flexibility index (Phi) is 4.95. The van der Waals surface area contributed by atoms with Gasteiger partial charge in [0.05, 0.1) is 6.61 Å². The number of esters is 1. The van der Waals surface area contributed by atoms with E-state index in [1.807, 2.05) is 13.8 Å². The summed E-state index contributed by atoms with van der Waals surface area (Å²) in [5.74, 6) is -0.350. The van der Waals surface area contributed by atoms with Crippen LogP contribution in [0.5, 0.6) is 0 Å². The van der Waals surface area contributed by atoms with E-state index in [2.05, 4.69) is 10.3 Å². The molecule has 0 saturated heterocycles. The van der Waals surface area contributed by atoms with E-state index in [9.17, 15) is 9.59 Å². The van der Waals surface area contributed by atoms with Crippen molar-refractivity contribution in [2.24, 2.45) is 0 Å². The fourth-order valence-corrected chi connectivity index (χ4v) is 1.93. The average molecular weight is 252 g/mol. The van der Waals surface area contributed by atoms with Crippen LogP contribution in [-0.4, -0.2) is 30.5 Å². The number of H-pyrrole nitrogens is 1. The molecule has 0 unspecified atom stereocenters. The van der Waals surface area contributed by atoms with Crippen molar-refractivity contribution in [1.29, 1.82) is 0 Å². The molecular weight excluding hydrogens is 232 g/mol. The second-order valence-corrected chi connectivity index (χ2v) is 4.12. The van der Waals surface area contributed by atoms with Gasteiger partial charge >= 0.3 is 5.97 Å². The van der Waals surface area contributed by atoms with Crippen LogP contribution in [-0.2, 0) is 16.0 Å². The first-order valence-electron chi connectivity index (χ1n) is 6.07. The molecule has 1 aromatic heterocycles. The quantitative estimate of drug-likeness (QED) is 0.780. The van der Waals surface area contributed by atoms with Gasteiger partial charge in [-0.1, -0.05) is 0 Å². The summed E-state index contributed by atoms with van der Waals surface area (Å²) >= 11 is 0. The molecule has 0 atom stereocenters. The lowest BCUT2D eigenvalue weighted by Gasteiger charge is -2.03. The molecule has 0 aliphatic heterocycles. The van der Waals surface area contributed by atoms with Crippen molar-refractivity contribution >= 4 is 11.9 Å². The third-order valence-corrected chi connectivity index (χ3v) is 2.95. The van der Waals surface area contributed by atoms with Gasteiger partial charge in [0.1, 0.15) is 5.69 Å². The number of hydrogen-bond acceptors (Lipinski definition) is 3. The summed E-state index contributed by atoms with van der Waals surface area (Å²) in [6.45, 7) is 5.89. The number of carbonyl (C=O) groups is 2. The van der Waals surface area contributed by atoms with Gasteiger partial charge in [-0.05, 0) is 38.3 Å². The van der Waals surface area contributed by atoms with Crippen LogP contribution in [0.15, 0.2) is 0 Å². The maximum atomic E-state index is 11.7. The summed E-state index contributed by atoms with van der Waals surface area (Å²) in [7, 11) is 1.61. The number of nitrogens with one attached hydrogen (secondary N) is 2. The highest BCUT2D eigenvalue weighted by atomic mass is 16.5. The third kappa shape index (κ3) is 3.12. The molecule has 0 spiro atoms. The van der Waals surface area contributed by atoms with Crippen molar-refractivity contribution in [2.75, 3.05) is 13.7 Å². The van der Waals surface area contributed by atoms with Gasteiger partial charge in [0.25, 0.3) is 0 Å². The Hall–Kier alpha value is -1.78. The minimum absolute atomic E-state index is 0.00677. The van der Waals surface area contributed by atoms with Crippen LogP contribution in [0.25, 0.3) is 0 Å². The second-order valence-electron chi connectivity index (χ2n) is 4.12. The Morgan fingerprint density at radius 2 is 2.00 bits per heavy atom. The van der Waals surface area contributed by atoms with E-state index < -0.39 is 0 Å². The van der Waals surface area contributed by atoms with Crippen LogP contribution in [0.3, 0.4) is 0 Å². The summed E-state index contributed by atoms with van der Waals surface area (Å²) < 4.78 is 4.97. The first-order chi connectivity index (χ1) is 8.51. The Balaban J connectivity index is 2.87. The number of rotatable bonds is 5. The smallest absolute Gasteiger partial charge is 0.355 e. The van der Waals surface area contributed by atoms with E-state index in [0.717, 1.165) is 16.8 Å². The molecule has 0 radical (unpaired) electrons. The van der Waals surface area contributed by atoms with Crippen LogP contribution < -0.4 is 5.32 Å². The molecule has 0 fully saturated rings. The molecule has 1 rings (SSSR count). The zero-order valence-electron chi connectivity index (χ0n) is 11.3. The highest BCUT2D eigenvalue weighted by Crippen LogP contribution is 2.20. The number of aromatic nitrogens is 1. The van der Waals surface area contributed by atoms with Gasteiger partial charge < -0.3 is 15.0 Å². The van der Waals surface area contributed by atoms with E-state index in [0.29, 0.717) is 25.1 Å². The third-order valence-electron chi connectivity index (χ3n) is 2.95. The average Bonchev–Trinajstić information content (AvgIpc) is 2.62. The van der Waals surface area contributed by atoms with Crippen LogP contribution in [0, 0.1) is 13.8 Å². The first kappa shape index (κ1) is 14.3. The van der Waals surface area contributed by atoms with E-state index in [-0.39, 0.29) is 11.9 Å². The normalized spacial score (nSPS) is 10.2. The fraction of sp³-hybridized carbons (Fsp3) is 0.538. The monoisotopic (exact) mass is 252 g/mol. The zero-order chi connectivity index (χ0) is 13.7. The van der Waals surface area contributed by atoms with Gasteiger partial charge in [0, 0.05) is 19.2 Å². The number of amides is 1. The molecule has 0 aromatic carbocycles. The van der Waals surface area contributed by atoms with Crippen LogP contribution >= 0.6 is 0 Å². The Morgan fingerprint density at radius 1 is 1.33 bits per heavy atom. The molecule has 1 amide bonds. The molecule has 1 heterocycles. The molecule has 18 heavy (non-hydrogen) atoms. The topological polar surface area (TPSA) is 71.2 Å². The summed E-state index contributed by atoms with van der Waals surface area (Å²) in [6.07, 6.45) is 1.03. The number of ether oxygens (including phenoxy) is 1. The highest BCUT2D eigenvalue weighted by Gasteiger charge is 2.18. The number of carbonyl (C=O) groups excluding carboxylic acids is 2. The minimum atomic E-state index is -0.343. The van der Waals surface area contributed by atoms with E-state index >= 15 is 0 Å². The first-order valence-corrected chi connectivity index (χ1v) is 6.07. The largest absolute Gasteiger partial charge is 0.461 e. The van der Waals surface area contributed by atoms with Crippen molar-refractivity contribution in [3.05, 3.63) is 22.5 Å². The molecule has 2 N–H and O–H groups in total. The minimum Gasteiger partial charge on any atom is -0.461 e. The lowest BCUT2D eigenvalue weighted by atomic mass is 10.0.